The fraction of sp³-hybridized carbons (Fsp3) is 0.115. The van der Waals surface area contributed by atoms with Crippen molar-refractivity contribution in [1.82, 2.24) is 9.66 Å². The molecule has 0 aliphatic rings. The molecule has 0 N–H and O–H groups in total. The van der Waals surface area contributed by atoms with Crippen LogP contribution < -0.4 is 15.0 Å². The average molecular weight is 504 g/mol. The normalized spacial score (nSPS) is 11.1. The Labute approximate surface area is 199 Å². The Morgan fingerprint density at radius 3 is 2.61 bits per heavy atom. The first-order valence-corrected chi connectivity index (χ1v) is 11.2. The summed E-state index contributed by atoms with van der Waals surface area (Å²) in [6, 6.07) is 20.4. The minimum atomic E-state index is -0.245. The lowest BCUT2D eigenvalue weighted by atomic mass is 10.2. The molecule has 0 atom stereocenters. The number of rotatable bonds is 8. The average Bonchev–Trinajstić information content (AvgIpc) is 2.83. The topological polar surface area (TPSA) is 65.7 Å². The lowest BCUT2D eigenvalue weighted by Crippen LogP contribution is -2.20. The number of aromatic nitrogens is 2. The molecule has 0 amide bonds. The van der Waals surface area contributed by atoms with Crippen molar-refractivity contribution in [3.8, 4) is 22.9 Å². The molecule has 1 heterocycles. The summed E-state index contributed by atoms with van der Waals surface area (Å²) in [5.74, 6) is 1.62. The molecule has 0 aliphatic heterocycles. The number of para-hydroxylation sites is 1. The van der Waals surface area contributed by atoms with E-state index in [1.807, 2.05) is 67.6 Å². The number of hydrogen-bond acceptors (Lipinski definition) is 5. The molecule has 4 aromatic rings. The van der Waals surface area contributed by atoms with Gasteiger partial charge in [-0.2, -0.15) is 9.78 Å². The Bertz CT molecular complexity index is 1380. The maximum atomic E-state index is 13.3. The molecule has 7 heteroatoms. The number of fused-ring (bicyclic) bond motifs is 1. The lowest BCUT2D eigenvalue weighted by molar-refractivity contribution is 0.295. The van der Waals surface area contributed by atoms with E-state index in [1.165, 1.54) is 4.68 Å². The van der Waals surface area contributed by atoms with Gasteiger partial charge in [-0.15, -0.1) is 0 Å². The highest BCUT2D eigenvalue weighted by Gasteiger charge is 2.14. The van der Waals surface area contributed by atoms with E-state index < -0.39 is 0 Å². The van der Waals surface area contributed by atoms with Gasteiger partial charge < -0.3 is 9.47 Å². The van der Waals surface area contributed by atoms with E-state index in [4.69, 9.17) is 14.5 Å². The summed E-state index contributed by atoms with van der Waals surface area (Å²) in [6.07, 6.45) is 3.27. The Kier molecular flexibility index (Phi) is 7.00. The van der Waals surface area contributed by atoms with Gasteiger partial charge in [0.1, 0.15) is 6.61 Å². The predicted molar refractivity (Wildman–Crippen MR) is 135 cm³/mol. The lowest BCUT2D eigenvalue weighted by Gasteiger charge is -2.13. The summed E-state index contributed by atoms with van der Waals surface area (Å²) in [5.41, 5.74) is 1.90. The molecular weight excluding hydrogens is 482 g/mol. The number of benzene rings is 3. The molecule has 1 aromatic heterocycles. The zero-order valence-electron chi connectivity index (χ0n) is 18.1. The molecule has 4 rings (SSSR count). The van der Waals surface area contributed by atoms with Crippen molar-refractivity contribution in [3.63, 3.8) is 0 Å². The monoisotopic (exact) mass is 503 g/mol. The van der Waals surface area contributed by atoms with E-state index in [9.17, 15) is 4.79 Å². The third-order valence-electron chi connectivity index (χ3n) is 4.79. The Morgan fingerprint density at radius 2 is 1.85 bits per heavy atom. The van der Waals surface area contributed by atoms with Crippen molar-refractivity contribution in [3.05, 3.63) is 99.8 Å². The molecule has 0 radical (unpaired) electrons. The number of nitrogens with zero attached hydrogens (tertiary/aromatic N) is 3. The summed E-state index contributed by atoms with van der Waals surface area (Å²) >= 11 is 3.54. The largest absolute Gasteiger partial charge is 0.490 e. The molecule has 33 heavy (non-hydrogen) atoms. The molecule has 0 saturated carbocycles. The van der Waals surface area contributed by atoms with Gasteiger partial charge in [0.2, 0.25) is 0 Å². The summed E-state index contributed by atoms with van der Waals surface area (Å²) in [4.78, 5) is 18.0. The van der Waals surface area contributed by atoms with E-state index in [0.717, 1.165) is 11.1 Å². The van der Waals surface area contributed by atoms with Gasteiger partial charge in [0, 0.05) is 5.56 Å². The minimum absolute atomic E-state index is 0.245. The highest BCUT2D eigenvalue weighted by Crippen LogP contribution is 2.36. The maximum absolute atomic E-state index is 13.3. The smallest absolute Gasteiger partial charge is 0.282 e. The van der Waals surface area contributed by atoms with Crippen molar-refractivity contribution >= 4 is 33.0 Å². The number of ether oxygens (including phenoxy) is 2. The molecular formula is C26H22BrN3O3. The Morgan fingerprint density at radius 1 is 1.09 bits per heavy atom. The van der Waals surface area contributed by atoms with Crippen LogP contribution in [-0.2, 0) is 0 Å². The van der Waals surface area contributed by atoms with Gasteiger partial charge in [-0.1, -0.05) is 55.1 Å². The van der Waals surface area contributed by atoms with Crippen LogP contribution in [0.25, 0.3) is 22.3 Å². The fourth-order valence-corrected chi connectivity index (χ4v) is 3.91. The van der Waals surface area contributed by atoms with Crippen LogP contribution >= 0.6 is 15.9 Å². The van der Waals surface area contributed by atoms with E-state index in [2.05, 4.69) is 27.6 Å². The summed E-state index contributed by atoms with van der Waals surface area (Å²) in [6.45, 7) is 6.41. The predicted octanol–water partition coefficient (Wildman–Crippen LogP) is 5.67. The molecule has 6 nitrogen and oxygen atoms in total. The molecule has 0 saturated heterocycles. The zero-order chi connectivity index (χ0) is 23.2. The third-order valence-corrected chi connectivity index (χ3v) is 5.37. The second-order valence-electron chi connectivity index (χ2n) is 7.04. The van der Waals surface area contributed by atoms with Gasteiger partial charge >= 0.3 is 0 Å². The van der Waals surface area contributed by atoms with Crippen LogP contribution in [0, 0.1) is 0 Å². The molecule has 0 aliphatic carbocycles. The van der Waals surface area contributed by atoms with Gasteiger partial charge in [0.05, 0.1) is 28.2 Å². The van der Waals surface area contributed by atoms with Gasteiger partial charge in [0.25, 0.3) is 5.56 Å². The molecule has 0 unspecified atom stereocenters. The van der Waals surface area contributed by atoms with Crippen molar-refractivity contribution < 1.29 is 9.47 Å². The first-order chi connectivity index (χ1) is 16.1. The van der Waals surface area contributed by atoms with Gasteiger partial charge in [-0.3, -0.25) is 4.79 Å². The SMILES string of the molecule is C=CCOc1c(Br)cc(C=Nn2c(-c3ccccc3)nc3ccccc3c2=O)cc1OCC. The van der Waals surface area contributed by atoms with E-state index in [0.29, 0.717) is 45.9 Å². The Balaban J connectivity index is 1.83. The highest BCUT2D eigenvalue weighted by molar-refractivity contribution is 9.10. The standard InChI is InChI=1S/C26H22BrN3O3/c1-3-14-33-24-21(27)15-18(16-23(24)32-4-2)17-28-30-25(19-10-6-5-7-11-19)29-22-13-9-8-12-20(22)26(30)31/h3,5-13,15-17H,1,4,14H2,2H3. The maximum Gasteiger partial charge on any atom is 0.282 e. The highest BCUT2D eigenvalue weighted by atomic mass is 79.9. The summed E-state index contributed by atoms with van der Waals surface area (Å²) in [7, 11) is 0. The van der Waals surface area contributed by atoms with Crippen LogP contribution in [0.2, 0.25) is 0 Å². The van der Waals surface area contributed by atoms with E-state index in [-0.39, 0.29) is 5.56 Å². The van der Waals surface area contributed by atoms with Crippen molar-refractivity contribution in [2.45, 2.75) is 6.92 Å². The first kappa shape index (κ1) is 22.5. The van der Waals surface area contributed by atoms with E-state index in [1.54, 1.807) is 18.4 Å². The molecule has 0 fully saturated rings. The first-order valence-electron chi connectivity index (χ1n) is 10.4. The van der Waals surface area contributed by atoms with E-state index >= 15 is 0 Å². The van der Waals surface area contributed by atoms with Crippen molar-refractivity contribution in [1.29, 1.82) is 0 Å². The van der Waals surface area contributed by atoms with Crippen LogP contribution in [0.5, 0.6) is 11.5 Å². The summed E-state index contributed by atoms with van der Waals surface area (Å²) < 4.78 is 13.5. The zero-order valence-corrected chi connectivity index (χ0v) is 19.7. The van der Waals surface area contributed by atoms with Crippen molar-refractivity contribution in [2.75, 3.05) is 13.2 Å². The number of hydrogen-bond donors (Lipinski definition) is 0. The molecule has 0 bridgehead atoms. The molecule has 166 valence electrons. The fourth-order valence-electron chi connectivity index (χ4n) is 3.34. The minimum Gasteiger partial charge on any atom is -0.490 e. The van der Waals surface area contributed by atoms with Gasteiger partial charge in [-0.25, -0.2) is 4.98 Å². The molecule has 3 aromatic carbocycles. The van der Waals surface area contributed by atoms with Crippen LogP contribution in [0.1, 0.15) is 12.5 Å². The van der Waals surface area contributed by atoms with Crippen LogP contribution in [0.3, 0.4) is 0 Å². The van der Waals surface area contributed by atoms with Crippen LogP contribution in [0.4, 0.5) is 0 Å². The van der Waals surface area contributed by atoms with Crippen molar-refractivity contribution in [2.24, 2.45) is 5.10 Å². The second kappa shape index (κ2) is 10.3. The quantitative estimate of drug-likeness (QED) is 0.229. The van der Waals surface area contributed by atoms with Gasteiger partial charge in [0.15, 0.2) is 17.3 Å². The summed E-state index contributed by atoms with van der Waals surface area (Å²) in [5, 5.41) is 5.02. The number of halogens is 1. The second-order valence-corrected chi connectivity index (χ2v) is 7.90. The Hall–Kier alpha value is -3.71. The van der Waals surface area contributed by atoms with Gasteiger partial charge in [-0.05, 0) is 52.7 Å². The van der Waals surface area contributed by atoms with Crippen LogP contribution in [-0.4, -0.2) is 29.1 Å². The molecule has 0 spiro atoms. The third kappa shape index (κ3) is 4.88. The van der Waals surface area contributed by atoms with Crippen LogP contribution in [0.15, 0.2) is 93.8 Å².